The van der Waals surface area contributed by atoms with Crippen molar-refractivity contribution in [1.82, 2.24) is 14.5 Å². The third-order valence-corrected chi connectivity index (χ3v) is 7.29. The summed E-state index contributed by atoms with van der Waals surface area (Å²) >= 11 is 0. The molecular weight excluding hydrogens is 453 g/mol. The Morgan fingerprint density at radius 1 is 0.853 bits per heavy atom. The average molecular weight is 482 g/mol. The maximum absolute atomic E-state index is 13.2. The quantitative estimate of drug-likeness (QED) is 0.559. The minimum Gasteiger partial charge on any atom is -0.337 e. The summed E-state index contributed by atoms with van der Waals surface area (Å²) in [4.78, 5) is 17.3. The van der Waals surface area contributed by atoms with Gasteiger partial charge in [0.15, 0.2) is 0 Å². The van der Waals surface area contributed by atoms with Crippen LogP contribution in [0.5, 0.6) is 0 Å². The lowest BCUT2D eigenvalue weighted by Gasteiger charge is -2.22. The van der Waals surface area contributed by atoms with Gasteiger partial charge in [0, 0.05) is 44.8 Å². The monoisotopic (exact) mass is 481 g/mol. The molecule has 1 aliphatic heterocycles. The third kappa shape index (κ3) is 6.28. The highest BCUT2D eigenvalue weighted by atomic mass is 32.2. The van der Waals surface area contributed by atoms with Gasteiger partial charge in [-0.1, -0.05) is 48.5 Å². The van der Waals surface area contributed by atoms with Crippen molar-refractivity contribution in [1.29, 1.82) is 0 Å². The van der Waals surface area contributed by atoms with E-state index in [0.29, 0.717) is 31.7 Å². The molecule has 4 rings (SSSR count). The van der Waals surface area contributed by atoms with Gasteiger partial charge in [0.05, 0.1) is 4.90 Å². The Bertz CT molecular complexity index is 1220. The molecular formula is C26H28FN3O3S. The number of amides is 1. The highest BCUT2D eigenvalue weighted by Crippen LogP contribution is 2.16. The van der Waals surface area contributed by atoms with Gasteiger partial charge in [-0.25, -0.2) is 17.5 Å². The molecule has 1 fully saturated rings. The zero-order chi connectivity index (χ0) is 24.0. The van der Waals surface area contributed by atoms with Crippen LogP contribution in [0.25, 0.3) is 0 Å². The summed E-state index contributed by atoms with van der Waals surface area (Å²) in [6, 6.07) is 21.9. The molecule has 1 aliphatic rings. The smallest absolute Gasteiger partial charge is 0.253 e. The number of hydrogen-bond acceptors (Lipinski definition) is 4. The molecule has 0 aliphatic carbocycles. The first kappa shape index (κ1) is 24.1. The number of carbonyl (C=O) groups excluding carboxylic acids is 1. The van der Waals surface area contributed by atoms with Crippen LogP contribution < -0.4 is 4.72 Å². The number of rotatable bonds is 7. The summed E-state index contributed by atoms with van der Waals surface area (Å²) in [7, 11) is -3.75. The molecule has 1 saturated heterocycles. The Kier molecular flexibility index (Phi) is 7.72. The van der Waals surface area contributed by atoms with Crippen LogP contribution in [0.15, 0.2) is 83.8 Å². The summed E-state index contributed by atoms with van der Waals surface area (Å²) in [6.45, 7) is 3.55. The van der Waals surface area contributed by atoms with Crippen LogP contribution in [-0.4, -0.2) is 50.3 Å². The fourth-order valence-corrected chi connectivity index (χ4v) is 5.08. The molecule has 0 radical (unpaired) electrons. The van der Waals surface area contributed by atoms with Crippen LogP contribution in [0, 0.1) is 5.82 Å². The minimum absolute atomic E-state index is 0.0713. The van der Waals surface area contributed by atoms with Crippen LogP contribution in [0.1, 0.15) is 27.9 Å². The summed E-state index contributed by atoms with van der Waals surface area (Å²) in [5, 5.41) is 0. The van der Waals surface area contributed by atoms with E-state index < -0.39 is 10.0 Å². The highest BCUT2D eigenvalue weighted by Gasteiger charge is 2.22. The number of nitrogens with zero attached hydrogens (tertiary/aromatic N) is 2. The van der Waals surface area contributed by atoms with Crippen LogP contribution in [-0.2, 0) is 23.1 Å². The standard InChI is InChI=1S/C26H28FN3O3S/c27-24-12-10-22(11-13-24)20-29-14-5-15-30(17-16-29)26(31)23-8-4-9-25(18-23)34(32,33)28-19-21-6-2-1-3-7-21/h1-4,6-13,18,28H,5,14-17,19-20H2. The molecule has 0 bridgehead atoms. The van der Waals surface area contributed by atoms with E-state index in [2.05, 4.69) is 9.62 Å². The van der Waals surface area contributed by atoms with Gasteiger partial charge in [0.1, 0.15) is 5.82 Å². The fraction of sp³-hybridized carbons (Fsp3) is 0.269. The summed E-state index contributed by atoms with van der Waals surface area (Å²) in [5.41, 5.74) is 2.24. The number of halogens is 1. The van der Waals surface area contributed by atoms with E-state index in [0.717, 1.165) is 24.1 Å². The van der Waals surface area contributed by atoms with Gasteiger partial charge in [0.25, 0.3) is 5.91 Å². The molecule has 0 saturated carbocycles. The molecule has 3 aromatic rings. The van der Waals surface area contributed by atoms with Crippen molar-refractivity contribution in [2.75, 3.05) is 26.2 Å². The largest absolute Gasteiger partial charge is 0.337 e. The van der Waals surface area contributed by atoms with Crippen molar-refractivity contribution in [3.63, 3.8) is 0 Å². The molecule has 178 valence electrons. The maximum atomic E-state index is 13.2. The Hall–Kier alpha value is -3.07. The van der Waals surface area contributed by atoms with Crippen LogP contribution in [0.3, 0.4) is 0 Å². The number of hydrogen-bond donors (Lipinski definition) is 1. The molecule has 0 atom stereocenters. The average Bonchev–Trinajstić information content (AvgIpc) is 3.10. The van der Waals surface area contributed by atoms with Gasteiger partial charge in [-0.3, -0.25) is 9.69 Å². The van der Waals surface area contributed by atoms with Gasteiger partial charge < -0.3 is 4.90 Å². The maximum Gasteiger partial charge on any atom is 0.253 e. The molecule has 1 amide bonds. The molecule has 1 heterocycles. The van der Waals surface area contributed by atoms with E-state index in [4.69, 9.17) is 0 Å². The lowest BCUT2D eigenvalue weighted by molar-refractivity contribution is 0.0761. The topological polar surface area (TPSA) is 69.7 Å². The number of sulfonamides is 1. The van der Waals surface area contributed by atoms with Crippen molar-refractivity contribution in [2.45, 2.75) is 24.4 Å². The molecule has 8 heteroatoms. The lowest BCUT2D eigenvalue weighted by atomic mass is 10.2. The Labute approximate surface area is 200 Å². The SMILES string of the molecule is O=C(c1cccc(S(=O)(=O)NCc2ccccc2)c1)N1CCCN(Cc2ccc(F)cc2)CC1. The molecule has 0 aromatic heterocycles. The van der Waals surface area contributed by atoms with Gasteiger partial charge in [0.2, 0.25) is 10.0 Å². The fourth-order valence-electron chi connectivity index (χ4n) is 4.02. The molecule has 1 N–H and O–H groups in total. The molecule has 34 heavy (non-hydrogen) atoms. The van der Waals surface area contributed by atoms with Crippen molar-refractivity contribution < 1.29 is 17.6 Å². The zero-order valence-electron chi connectivity index (χ0n) is 18.9. The Balaban J connectivity index is 1.39. The first-order valence-corrected chi connectivity index (χ1v) is 12.8. The van der Waals surface area contributed by atoms with Gasteiger partial charge in [-0.05, 0) is 47.9 Å². The normalized spacial score (nSPS) is 15.1. The van der Waals surface area contributed by atoms with E-state index in [-0.39, 0.29) is 23.2 Å². The number of benzene rings is 3. The van der Waals surface area contributed by atoms with E-state index in [9.17, 15) is 17.6 Å². The zero-order valence-corrected chi connectivity index (χ0v) is 19.7. The van der Waals surface area contributed by atoms with E-state index in [1.165, 1.54) is 24.3 Å². The lowest BCUT2D eigenvalue weighted by Crippen LogP contribution is -2.35. The van der Waals surface area contributed by atoms with Crippen LogP contribution in [0.2, 0.25) is 0 Å². The van der Waals surface area contributed by atoms with Crippen LogP contribution in [0.4, 0.5) is 4.39 Å². The second-order valence-corrected chi connectivity index (χ2v) is 10.2. The van der Waals surface area contributed by atoms with E-state index in [1.807, 2.05) is 30.3 Å². The first-order valence-electron chi connectivity index (χ1n) is 11.3. The number of carbonyl (C=O) groups is 1. The molecule has 6 nitrogen and oxygen atoms in total. The predicted molar refractivity (Wildman–Crippen MR) is 129 cm³/mol. The summed E-state index contributed by atoms with van der Waals surface area (Å²) < 4.78 is 41.3. The van der Waals surface area contributed by atoms with E-state index in [1.54, 1.807) is 29.2 Å². The van der Waals surface area contributed by atoms with Gasteiger partial charge in [-0.2, -0.15) is 0 Å². The second-order valence-electron chi connectivity index (χ2n) is 8.39. The van der Waals surface area contributed by atoms with Crippen molar-refractivity contribution in [3.8, 4) is 0 Å². The first-order chi connectivity index (χ1) is 16.4. The van der Waals surface area contributed by atoms with E-state index >= 15 is 0 Å². The van der Waals surface area contributed by atoms with Gasteiger partial charge >= 0.3 is 0 Å². The van der Waals surface area contributed by atoms with Crippen molar-refractivity contribution in [3.05, 3.63) is 101 Å². The van der Waals surface area contributed by atoms with Crippen LogP contribution >= 0.6 is 0 Å². The Morgan fingerprint density at radius 3 is 2.38 bits per heavy atom. The highest BCUT2D eigenvalue weighted by molar-refractivity contribution is 7.89. The van der Waals surface area contributed by atoms with Crippen molar-refractivity contribution >= 4 is 15.9 Å². The van der Waals surface area contributed by atoms with Gasteiger partial charge in [-0.15, -0.1) is 0 Å². The minimum atomic E-state index is -3.75. The Morgan fingerprint density at radius 2 is 1.62 bits per heavy atom. The summed E-state index contributed by atoms with van der Waals surface area (Å²) in [6.07, 6.45) is 0.809. The second kappa shape index (κ2) is 10.9. The summed E-state index contributed by atoms with van der Waals surface area (Å²) in [5.74, 6) is -0.431. The molecule has 0 unspecified atom stereocenters. The molecule has 3 aromatic carbocycles. The number of nitrogens with one attached hydrogen (secondary N) is 1. The predicted octanol–water partition coefficient (Wildman–Crippen LogP) is 3.65. The third-order valence-electron chi connectivity index (χ3n) is 5.90. The molecule has 0 spiro atoms. The van der Waals surface area contributed by atoms with Crippen molar-refractivity contribution in [2.24, 2.45) is 0 Å².